The topological polar surface area (TPSA) is 82.7 Å². The largest absolute Gasteiger partial charge is 0.870 e. The predicted molar refractivity (Wildman–Crippen MR) is 75.6 cm³/mol. The van der Waals surface area contributed by atoms with E-state index in [1.807, 2.05) is 0 Å². The molecule has 0 saturated carbocycles. The van der Waals surface area contributed by atoms with Crippen molar-refractivity contribution < 1.29 is 19.4 Å². The number of methoxy groups -OCH3 is 1. The van der Waals surface area contributed by atoms with Crippen LogP contribution in [0.15, 0.2) is 51.9 Å². The molecule has 3 aromatic rings. The van der Waals surface area contributed by atoms with Crippen molar-refractivity contribution in [2.24, 2.45) is 0 Å². The zero-order valence-electron chi connectivity index (χ0n) is 11.1. The van der Waals surface area contributed by atoms with Crippen LogP contribution < -0.4 is 15.3 Å². The van der Waals surface area contributed by atoms with Crippen LogP contribution >= 0.6 is 0 Å². The molecular formula is C16H11O5-. The highest BCUT2D eigenvalue weighted by molar-refractivity contribution is 5.82. The lowest BCUT2D eigenvalue weighted by Gasteiger charge is -2.13. The second-order valence-corrected chi connectivity index (χ2v) is 4.52. The molecule has 0 spiro atoms. The van der Waals surface area contributed by atoms with E-state index in [0.717, 1.165) is 0 Å². The average Bonchev–Trinajstić information content (AvgIpc) is 2.48. The first-order valence-electron chi connectivity index (χ1n) is 6.20. The van der Waals surface area contributed by atoms with E-state index < -0.39 is 0 Å². The van der Waals surface area contributed by atoms with Crippen molar-refractivity contribution >= 4 is 11.0 Å². The van der Waals surface area contributed by atoms with Gasteiger partial charge in [0.05, 0.1) is 18.1 Å². The Hall–Kier alpha value is -2.95. The van der Waals surface area contributed by atoms with E-state index in [1.165, 1.54) is 43.7 Å². The van der Waals surface area contributed by atoms with Gasteiger partial charge in [-0.2, -0.15) is 0 Å². The number of hydrogen-bond donors (Lipinski definition) is 1. The quantitative estimate of drug-likeness (QED) is 0.780. The van der Waals surface area contributed by atoms with Crippen molar-refractivity contribution in [3.8, 4) is 28.4 Å². The molecule has 0 radical (unpaired) electrons. The van der Waals surface area contributed by atoms with Crippen molar-refractivity contribution in [1.82, 2.24) is 0 Å². The molecule has 0 aliphatic carbocycles. The summed E-state index contributed by atoms with van der Waals surface area (Å²) in [5, 5.41) is 21.3. The van der Waals surface area contributed by atoms with Crippen LogP contribution in [-0.2, 0) is 0 Å². The van der Waals surface area contributed by atoms with Gasteiger partial charge in [0, 0.05) is 6.07 Å². The van der Waals surface area contributed by atoms with Crippen LogP contribution in [0.25, 0.3) is 22.1 Å². The molecule has 1 N–H and O–H groups in total. The molecule has 0 aliphatic rings. The van der Waals surface area contributed by atoms with E-state index in [9.17, 15) is 15.0 Å². The Labute approximate surface area is 119 Å². The van der Waals surface area contributed by atoms with Crippen molar-refractivity contribution in [2.45, 2.75) is 0 Å². The Bertz CT molecular complexity index is 879. The summed E-state index contributed by atoms with van der Waals surface area (Å²) < 4.78 is 10.4. The summed E-state index contributed by atoms with van der Waals surface area (Å²) in [7, 11) is 1.40. The Morgan fingerprint density at radius 1 is 1.19 bits per heavy atom. The summed E-state index contributed by atoms with van der Waals surface area (Å²) in [5.41, 5.74) is 0.926. The number of phenolic OH excluding ortho intramolecular Hbond substituents is 1. The molecule has 0 fully saturated rings. The van der Waals surface area contributed by atoms with Crippen LogP contribution in [0, 0.1) is 0 Å². The fourth-order valence-corrected chi connectivity index (χ4v) is 2.15. The molecule has 106 valence electrons. The molecule has 21 heavy (non-hydrogen) atoms. The first-order chi connectivity index (χ1) is 10.1. The third-order valence-corrected chi connectivity index (χ3v) is 3.23. The highest BCUT2D eigenvalue weighted by atomic mass is 16.5. The maximum Gasteiger partial charge on any atom is 0.200 e. The van der Waals surface area contributed by atoms with Gasteiger partial charge in [0.25, 0.3) is 0 Å². The van der Waals surface area contributed by atoms with Gasteiger partial charge in [-0.25, -0.2) is 0 Å². The number of aromatic hydroxyl groups is 1. The molecule has 3 rings (SSSR count). The van der Waals surface area contributed by atoms with E-state index in [-0.39, 0.29) is 22.7 Å². The van der Waals surface area contributed by atoms with E-state index in [1.54, 1.807) is 6.07 Å². The first-order valence-corrected chi connectivity index (χ1v) is 6.20. The van der Waals surface area contributed by atoms with Gasteiger partial charge in [0.1, 0.15) is 23.3 Å². The maximum atomic E-state index is 12.5. The summed E-state index contributed by atoms with van der Waals surface area (Å²) >= 11 is 0. The fraction of sp³-hybridized carbons (Fsp3) is 0.0625. The molecule has 5 heteroatoms. The van der Waals surface area contributed by atoms with Gasteiger partial charge in [-0.15, -0.1) is 0 Å². The SMILES string of the molecule is COc1cc(-c2coc3cc(O)ccc3c2=O)ccc1[O-]. The number of fused-ring (bicyclic) bond motifs is 1. The van der Waals surface area contributed by atoms with Crippen molar-refractivity contribution in [1.29, 1.82) is 0 Å². The van der Waals surface area contributed by atoms with Gasteiger partial charge >= 0.3 is 0 Å². The smallest absolute Gasteiger partial charge is 0.200 e. The normalized spacial score (nSPS) is 10.7. The van der Waals surface area contributed by atoms with Crippen molar-refractivity contribution in [3.63, 3.8) is 0 Å². The van der Waals surface area contributed by atoms with E-state index in [4.69, 9.17) is 9.15 Å². The first kappa shape index (κ1) is 13.1. The minimum absolute atomic E-state index is 0.0239. The van der Waals surface area contributed by atoms with Crippen LogP contribution in [0.4, 0.5) is 0 Å². The molecule has 1 aromatic heterocycles. The summed E-state index contributed by atoms with van der Waals surface area (Å²) in [4.78, 5) is 12.5. The van der Waals surface area contributed by atoms with Crippen LogP contribution in [0.5, 0.6) is 17.2 Å². The van der Waals surface area contributed by atoms with Crippen molar-refractivity contribution in [3.05, 3.63) is 52.9 Å². The Balaban J connectivity index is 2.24. The monoisotopic (exact) mass is 283 g/mol. The fourth-order valence-electron chi connectivity index (χ4n) is 2.15. The van der Waals surface area contributed by atoms with E-state index >= 15 is 0 Å². The Kier molecular flexibility index (Phi) is 3.02. The van der Waals surface area contributed by atoms with Gasteiger partial charge in [-0.1, -0.05) is 17.9 Å². The van der Waals surface area contributed by atoms with Crippen LogP contribution in [0.3, 0.4) is 0 Å². The number of rotatable bonds is 2. The van der Waals surface area contributed by atoms with E-state index in [0.29, 0.717) is 22.1 Å². The van der Waals surface area contributed by atoms with Crippen LogP contribution in [-0.4, -0.2) is 12.2 Å². The second-order valence-electron chi connectivity index (χ2n) is 4.52. The van der Waals surface area contributed by atoms with Crippen molar-refractivity contribution in [2.75, 3.05) is 7.11 Å². The molecular weight excluding hydrogens is 272 g/mol. The molecule has 2 aromatic carbocycles. The second kappa shape index (κ2) is 4.86. The third kappa shape index (κ3) is 2.18. The third-order valence-electron chi connectivity index (χ3n) is 3.23. The molecule has 0 aliphatic heterocycles. The highest BCUT2D eigenvalue weighted by Crippen LogP contribution is 2.29. The molecule has 5 nitrogen and oxygen atoms in total. The van der Waals surface area contributed by atoms with Gasteiger partial charge in [-0.3, -0.25) is 4.79 Å². The van der Waals surface area contributed by atoms with Crippen LogP contribution in [0.2, 0.25) is 0 Å². The minimum Gasteiger partial charge on any atom is -0.870 e. The number of phenols is 1. The zero-order valence-corrected chi connectivity index (χ0v) is 11.1. The molecule has 0 bridgehead atoms. The van der Waals surface area contributed by atoms with Gasteiger partial charge < -0.3 is 19.4 Å². The lowest BCUT2D eigenvalue weighted by Crippen LogP contribution is -2.05. The highest BCUT2D eigenvalue weighted by Gasteiger charge is 2.10. The summed E-state index contributed by atoms with van der Waals surface area (Å²) in [6.45, 7) is 0. The number of hydrogen-bond acceptors (Lipinski definition) is 5. The maximum absolute atomic E-state index is 12.5. The number of benzene rings is 2. The number of ether oxygens (including phenoxy) is 1. The Morgan fingerprint density at radius 3 is 2.76 bits per heavy atom. The molecule has 0 unspecified atom stereocenters. The molecule has 0 amide bonds. The Morgan fingerprint density at radius 2 is 2.00 bits per heavy atom. The summed E-state index contributed by atoms with van der Waals surface area (Å²) in [6, 6.07) is 8.68. The zero-order chi connectivity index (χ0) is 15.0. The lowest BCUT2D eigenvalue weighted by atomic mass is 10.0. The lowest BCUT2D eigenvalue weighted by molar-refractivity contribution is -0.270. The van der Waals surface area contributed by atoms with E-state index in [2.05, 4.69) is 0 Å². The molecule has 0 atom stereocenters. The standard InChI is InChI=1S/C16H12O5/c1-20-15-6-9(2-5-13(15)18)12-8-21-14-7-10(17)3-4-11(14)16(12)19/h2-8,17-18H,1H3/p-1. The minimum atomic E-state index is -0.253. The summed E-state index contributed by atoms with van der Waals surface area (Å²) in [5.74, 6) is -0.0650. The van der Waals surface area contributed by atoms with Gasteiger partial charge in [0.2, 0.25) is 0 Å². The molecule has 0 saturated heterocycles. The van der Waals surface area contributed by atoms with Gasteiger partial charge in [-0.05, 0) is 23.8 Å². The average molecular weight is 283 g/mol. The summed E-state index contributed by atoms with van der Waals surface area (Å²) in [6.07, 6.45) is 1.31. The predicted octanol–water partition coefficient (Wildman–Crippen LogP) is 2.25. The molecule has 1 heterocycles. The van der Waals surface area contributed by atoms with Crippen LogP contribution in [0.1, 0.15) is 0 Å². The van der Waals surface area contributed by atoms with Gasteiger partial charge in [0.15, 0.2) is 5.43 Å².